The predicted octanol–water partition coefficient (Wildman–Crippen LogP) is 2.05. The first-order chi connectivity index (χ1) is 7.38. The van der Waals surface area contributed by atoms with Crippen LogP contribution in [-0.4, -0.2) is 21.2 Å². The van der Waals surface area contributed by atoms with Gasteiger partial charge in [0.15, 0.2) is 6.29 Å². The third kappa shape index (κ3) is 1.20. The molecule has 5 heteroatoms. The third-order valence-electron chi connectivity index (χ3n) is 2.15. The molecule has 0 radical (unpaired) electrons. The fraction of sp³-hybridized carbons (Fsp3) is 0. The number of aromatic nitrogens is 3. The van der Waals surface area contributed by atoms with Gasteiger partial charge in [-0.15, -0.1) is 11.3 Å². The molecule has 3 rings (SSSR count). The zero-order valence-electron chi connectivity index (χ0n) is 7.54. The maximum absolute atomic E-state index is 10.6. The lowest BCUT2D eigenvalue weighted by Gasteiger charge is -1.90. The zero-order valence-corrected chi connectivity index (χ0v) is 8.36. The molecule has 0 aromatic carbocycles. The summed E-state index contributed by atoms with van der Waals surface area (Å²) in [6.45, 7) is 0. The largest absolute Gasteiger partial charge is 0.298 e. The number of pyridine rings is 1. The molecule has 72 valence electrons. The Morgan fingerprint density at radius 2 is 2.20 bits per heavy atom. The van der Waals surface area contributed by atoms with Gasteiger partial charge in [-0.25, -0.2) is 15.0 Å². The molecule has 0 aliphatic heterocycles. The van der Waals surface area contributed by atoms with Crippen molar-refractivity contribution < 1.29 is 4.79 Å². The van der Waals surface area contributed by atoms with Crippen LogP contribution in [0.5, 0.6) is 0 Å². The van der Waals surface area contributed by atoms with E-state index in [0.29, 0.717) is 5.56 Å². The number of hydrogen-bond acceptors (Lipinski definition) is 5. The van der Waals surface area contributed by atoms with Crippen molar-refractivity contribution in [3.05, 3.63) is 30.4 Å². The molecule has 0 spiro atoms. The minimum atomic E-state index is 0.570. The van der Waals surface area contributed by atoms with Crippen molar-refractivity contribution in [3.63, 3.8) is 0 Å². The van der Waals surface area contributed by atoms with Crippen molar-refractivity contribution in [1.29, 1.82) is 0 Å². The van der Waals surface area contributed by atoms with Crippen molar-refractivity contribution in [1.82, 2.24) is 15.0 Å². The molecule has 0 N–H and O–H groups in total. The van der Waals surface area contributed by atoms with E-state index in [9.17, 15) is 4.79 Å². The minimum Gasteiger partial charge on any atom is -0.298 e. The molecule has 0 fully saturated rings. The molecule has 15 heavy (non-hydrogen) atoms. The van der Waals surface area contributed by atoms with E-state index in [-0.39, 0.29) is 0 Å². The summed E-state index contributed by atoms with van der Waals surface area (Å²) < 4.78 is 0.989. The topological polar surface area (TPSA) is 55.7 Å². The quantitative estimate of drug-likeness (QED) is 0.583. The van der Waals surface area contributed by atoms with Crippen LogP contribution in [0.15, 0.2) is 24.8 Å². The van der Waals surface area contributed by atoms with Crippen LogP contribution in [0.25, 0.3) is 20.4 Å². The highest BCUT2D eigenvalue weighted by atomic mass is 32.1. The first kappa shape index (κ1) is 8.43. The molecule has 0 bridgehead atoms. The highest BCUT2D eigenvalue weighted by Crippen LogP contribution is 2.30. The lowest BCUT2D eigenvalue weighted by atomic mass is 10.2. The molecule has 4 nitrogen and oxygen atoms in total. The average molecular weight is 215 g/mol. The van der Waals surface area contributed by atoms with Gasteiger partial charge in [0.05, 0.1) is 10.2 Å². The summed E-state index contributed by atoms with van der Waals surface area (Å²) >= 11 is 1.53. The van der Waals surface area contributed by atoms with Crippen molar-refractivity contribution in [2.75, 3.05) is 0 Å². The SMILES string of the molecule is O=Cc1cnc2sc3cncnc3c2c1. The molecule has 3 aromatic heterocycles. The van der Waals surface area contributed by atoms with Crippen LogP contribution in [0, 0.1) is 0 Å². The number of aldehydes is 1. The normalized spacial score (nSPS) is 10.9. The smallest absolute Gasteiger partial charge is 0.151 e. The zero-order chi connectivity index (χ0) is 10.3. The first-order valence-corrected chi connectivity index (χ1v) is 5.13. The highest BCUT2D eigenvalue weighted by molar-refractivity contribution is 7.25. The van der Waals surface area contributed by atoms with Crippen LogP contribution < -0.4 is 0 Å². The van der Waals surface area contributed by atoms with E-state index in [2.05, 4.69) is 15.0 Å². The maximum atomic E-state index is 10.6. The minimum absolute atomic E-state index is 0.570. The van der Waals surface area contributed by atoms with Gasteiger partial charge in [0.25, 0.3) is 0 Å². The lowest BCUT2D eigenvalue weighted by Crippen LogP contribution is -1.82. The Morgan fingerprint density at radius 1 is 1.27 bits per heavy atom. The molecule has 0 unspecified atom stereocenters. The van der Waals surface area contributed by atoms with Crippen molar-refractivity contribution in [2.24, 2.45) is 0 Å². The molecule has 0 aliphatic carbocycles. The van der Waals surface area contributed by atoms with Crippen LogP contribution in [-0.2, 0) is 0 Å². The molecular weight excluding hydrogens is 210 g/mol. The summed E-state index contributed by atoms with van der Waals surface area (Å²) in [7, 11) is 0. The number of rotatable bonds is 1. The summed E-state index contributed by atoms with van der Waals surface area (Å²) in [6.07, 6.45) is 5.62. The number of thiophene rings is 1. The van der Waals surface area contributed by atoms with Gasteiger partial charge in [-0.3, -0.25) is 4.79 Å². The second-order valence-corrected chi connectivity index (χ2v) is 4.11. The van der Waals surface area contributed by atoms with Crippen molar-refractivity contribution in [3.8, 4) is 0 Å². The summed E-state index contributed by atoms with van der Waals surface area (Å²) in [6, 6.07) is 1.81. The van der Waals surface area contributed by atoms with E-state index in [4.69, 9.17) is 0 Å². The number of hydrogen-bond donors (Lipinski definition) is 0. The number of nitrogens with zero attached hydrogens (tertiary/aromatic N) is 3. The Kier molecular flexibility index (Phi) is 1.72. The molecule has 0 atom stereocenters. The molecular formula is C10H5N3OS. The van der Waals surface area contributed by atoms with Gasteiger partial charge in [0, 0.05) is 23.3 Å². The molecule has 0 amide bonds. The molecule has 0 aliphatic rings. The molecule has 0 saturated heterocycles. The van der Waals surface area contributed by atoms with Gasteiger partial charge in [-0.05, 0) is 6.07 Å². The van der Waals surface area contributed by atoms with E-state index >= 15 is 0 Å². The van der Waals surface area contributed by atoms with E-state index < -0.39 is 0 Å². The van der Waals surface area contributed by atoms with E-state index in [1.54, 1.807) is 18.5 Å². The van der Waals surface area contributed by atoms with Gasteiger partial charge in [0.2, 0.25) is 0 Å². The van der Waals surface area contributed by atoms with Crippen molar-refractivity contribution >= 4 is 38.1 Å². The third-order valence-corrected chi connectivity index (χ3v) is 3.19. The Hall–Kier alpha value is -1.88. The fourth-order valence-corrected chi connectivity index (χ4v) is 2.43. The summed E-state index contributed by atoms with van der Waals surface area (Å²) in [5, 5.41) is 0.919. The van der Waals surface area contributed by atoms with E-state index in [1.807, 2.05) is 0 Å². The van der Waals surface area contributed by atoms with Gasteiger partial charge >= 0.3 is 0 Å². The lowest BCUT2D eigenvalue weighted by molar-refractivity contribution is 0.112. The monoisotopic (exact) mass is 215 g/mol. The van der Waals surface area contributed by atoms with Crippen LogP contribution in [0.2, 0.25) is 0 Å². The number of carbonyl (C=O) groups excluding carboxylic acids is 1. The molecule has 3 aromatic rings. The molecule has 0 saturated carbocycles. The van der Waals surface area contributed by atoms with E-state index in [1.165, 1.54) is 17.7 Å². The molecule has 3 heterocycles. The Bertz CT molecular complexity index is 662. The van der Waals surface area contributed by atoms with Gasteiger partial charge in [-0.1, -0.05) is 0 Å². The summed E-state index contributed by atoms with van der Waals surface area (Å²) in [5.41, 5.74) is 1.43. The average Bonchev–Trinajstić information content (AvgIpc) is 2.66. The highest BCUT2D eigenvalue weighted by Gasteiger charge is 2.07. The first-order valence-electron chi connectivity index (χ1n) is 4.32. The fourth-order valence-electron chi connectivity index (χ4n) is 1.48. The van der Waals surface area contributed by atoms with Crippen LogP contribution in [0.3, 0.4) is 0 Å². The second-order valence-electron chi connectivity index (χ2n) is 3.08. The van der Waals surface area contributed by atoms with Gasteiger partial charge in [-0.2, -0.15) is 0 Å². The van der Waals surface area contributed by atoms with Gasteiger partial charge < -0.3 is 0 Å². The Balaban J connectivity index is 2.51. The summed E-state index contributed by atoms with van der Waals surface area (Å²) in [4.78, 5) is 23.9. The maximum Gasteiger partial charge on any atom is 0.151 e. The van der Waals surface area contributed by atoms with Crippen LogP contribution >= 0.6 is 11.3 Å². The second kappa shape index (κ2) is 3.06. The number of fused-ring (bicyclic) bond motifs is 3. The number of carbonyl (C=O) groups is 1. The Morgan fingerprint density at radius 3 is 3.07 bits per heavy atom. The van der Waals surface area contributed by atoms with Crippen molar-refractivity contribution in [2.45, 2.75) is 0 Å². The standard InChI is InChI=1S/C10H5N3OS/c14-4-6-1-7-9-8(3-11-5-13-9)15-10(7)12-2-6/h1-5H. The summed E-state index contributed by atoms with van der Waals surface area (Å²) in [5.74, 6) is 0. The van der Waals surface area contributed by atoms with Gasteiger partial charge in [0.1, 0.15) is 11.2 Å². The van der Waals surface area contributed by atoms with E-state index in [0.717, 1.165) is 26.7 Å². The Labute approximate surface area is 88.6 Å². The van der Waals surface area contributed by atoms with Crippen LogP contribution in [0.1, 0.15) is 10.4 Å². The predicted molar refractivity (Wildman–Crippen MR) is 58.1 cm³/mol. The van der Waals surface area contributed by atoms with Crippen LogP contribution in [0.4, 0.5) is 0 Å².